The summed E-state index contributed by atoms with van der Waals surface area (Å²) in [5.74, 6) is 0.218. The summed E-state index contributed by atoms with van der Waals surface area (Å²) >= 11 is 1.58. The van der Waals surface area contributed by atoms with Crippen LogP contribution in [0.5, 0.6) is 0 Å². The predicted octanol–water partition coefficient (Wildman–Crippen LogP) is 1.45. The lowest BCUT2D eigenvalue weighted by Crippen LogP contribution is -2.29. The largest absolute Gasteiger partial charge is 0.314 e. The average molecular weight is 317 g/mol. The summed E-state index contributed by atoms with van der Waals surface area (Å²) in [7, 11) is -3.13. The maximum Gasteiger partial charge on any atom is 0.211 e. The van der Waals surface area contributed by atoms with Gasteiger partial charge in [-0.05, 0) is 39.2 Å². The van der Waals surface area contributed by atoms with Gasteiger partial charge in [-0.3, -0.25) is 0 Å². The molecule has 114 valence electrons. The number of nitrogens with one attached hydrogen (secondary N) is 2. The summed E-state index contributed by atoms with van der Waals surface area (Å²) in [6.07, 6.45) is 4.85. The minimum absolute atomic E-state index is 0.218. The van der Waals surface area contributed by atoms with Crippen molar-refractivity contribution < 1.29 is 8.42 Å². The first kappa shape index (κ1) is 15.9. The fourth-order valence-electron chi connectivity index (χ4n) is 1.91. The molecule has 0 saturated heterocycles. The summed E-state index contributed by atoms with van der Waals surface area (Å²) in [6, 6.07) is 0.700. The highest BCUT2D eigenvalue weighted by Gasteiger charge is 2.19. The van der Waals surface area contributed by atoms with Gasteiger partial charge >= 0.3 is 0 Å². The lowest BCUT2D eigenvalue weighted by atomic mass is 10.3. The molecule has 1 heterocycles. The number of rotatable bonds is 10. The molecule has 7 heteroatoms. The number of aromatic nitrogens is 1. The third-order valence-corrected chi connectivity index (χ3v) is 5.67. The van der Waals surface area contributed by atoms with Crippen LogP contribution in [0.3, 0.4) is 0 Å². The highest BCUT2D eigenvalue weighted by Crippen LogP contribution is 2.18. The standard InChI is InChI=1S/C13H23N3O2S2/c1-11-10-19-13(16-11)6-8-15-20(17,18)9-3-2-7-14-12-4-5-12/h10,12,14-15H,2-9H2,1H3. The highest BCUT2D eigenvalue weighted by atomic mass is 32.2. The van der Waals surface area contributed by atoms with Gasteiger partial charge in [0.1, 0.15) is 0 Å². The van der Waals surface area contributed by atoms with Crippen molar-refractivity contribution in [3.05, 3.63) is 16.1 Å². The molecule has 0 bridgehead atoms. The van der Waals surface area contributed by atoms with E-state index in [0.717, 1.165) is 23.7 Å². The van der Waals surface area contributed by atoms with Gasteiger partial charge in [0.25, 0.3) is 0 Å². The quantitative estimate of drug-likeness (QED) is 0.641. The summed E-state index contributed by atoms with van der Waals surface area (Å²) in [5.41, 5.74) is 0.996. The van der Waals surface area contributed by atoms with Crippen LogP contribution in [0.4, 0.5) is 0 Å². The molecule has 0 atom stereocenters. The Hall–Kier alpha value is -0.500. The molecule has 1 aromatic rings. The molecule has 0 spiro atoms. The Kier molecular flexibility index (Phi) is 5.95. The van der Waals surface area contributed by atoms with Crippen molar-refractivity contribution in [1.82, 2.24) is 15.0 Å². The number of thiazole rings is 1. The Bertz CT molecular complexity index is 509. The van der Waals surface area contributed by atoms with Gasteiger partial charge in [0.15, 0.2) is 0 Å². The van der Waals surface area contributed by atoms with Crippen molar-refractivity contribution in [2.24, 2.45) is 0 Å². The molecule has 2 N–H and O–H groups in total. The van der Waals surface area contributed by atoms with E-state index in [1.807, 2.05) is 12.3 Å². The second-order valence-electron chi connectivity index (χ2n) is 5.28. The Labute approximate surface area is 125 Å². The molecular weight excluding hydrogens is 294 g/mol. The fourth-order valence-corrected chi connectivity index (χ4v) is 3.83. The molecule has 0 aliphatic heterocycles. The van der Waals surface area contributed by atoms with Gasteiger partial charge < -0.3 is 5.32 Å². The van der Waals surface area contributed by atoms with Crippen LogP contribution in [0.25, 0.3) is 0 Å². The van der Waals surface area contributed by atoms with Gasteiger partial charge in [-0.1, -0.05) is 0 Å². The van der Waals surface area contributed by atoms with Crippen molar-refractivity contribution in [2.45, 2.75) is 45.1 Å². The lowest BCUT2D eigenvalue weighted by molar-refractivity contribution is 0.573. The van der Waals surface area contributed by atoms with E-state index in [4.69, 9.17) is 0 Å². The van der Waals surface area contributed by atoms with Gasteiger partial charge in [0.05, 0.1) is 10.8 Å². The lowest BCUT2D eigenvalue weighted by Gasteiger charge is -2.06. The van der Waals surface area contributed by atoms with E-state index in [1.165, 1.54) is 12.8 Å². The van der Waals surface area contributed by atoms with Gasteiger partial charge in [-0.15, -0.1) is 11.3 Å². The SMILES string of the molecule is Cc1csc(CCNS(=O)(=O)CCCCNC2CC2)n1. The monoisotopic (exact) mass is 317 g/mol. The number of sulfonamides is 1. The molecule has 0 amide bonds. The molecule has 1 aliphatic carbocycles. The number of unbranched alkanes of at least 4 members (excludes halogenated alkanes) is 1. The van der Waals surface area contributed by atoms with Crippen molar-refractivity contribution in [2.75, 3.05) is 18.8 Å². The first-order valence-electron chi connectivity index (χ1n) is 7.17. The summed E-state index contributed by atoms with van der Waals surface area (Å²) in [5, 5.41) is 6.36. The molecule has 0 unspecified atom stereocenters. The molecule has 0 aromatic carbocycles. The molecule has 1 fully saturated rings. The van der Waals surface area contributed by atoms with Crippen molar-refractivity contribution >= 4 is 21.4 Å². The minimum atomic E-state index is -3.13. The van der Waals surface area contributed by atoms with Gasteiger partial charge in [0, 0.05) is 30.1 Å². The predicted molar refractivity (Wildman–Crippen MR) is 82.6 cm³/mol. The zero-order valence-corrected chi connectivity index (χ0v) is 13.5. The highest BCUT2D eigenvalue weighted by molar-refractivity contribution is 7.89. The topological polar surface area (TPSA) is 71.1 Å². The summed E-state index contributed by atoms with van der Waals surface area (Å²) in [4.78, 5) is 4.31. The van der Waals surface area contributed by atoms with E-state index < -0.39 is 10.0 Å². The van der Waals surface area contributed by atoms with E-state index in [2.05, 4.69) is 15.0 Å². The Balaban J connectivity index is 1.55. The number of hydrogen-bond donors (Lipinski definition) is 2. The smallest absolute Gasteiger partial charge is 0.211 e. The van der Waals surface area contributed by atoms with Crippen LogP contribution >= 0.6 is 11.3 Å². The first-order chi connectivity index (χ1) is 9.55. The van der Waals surface area contributed by atoms with Crippen molar-refractivity contribution in [3.63, 3.8) is 0 Å². The van der Waals surface area contributed by atoms with Gasteiger partial charge in [-0.25, -0.2) is 18.1 Å². The van der Waals surface area contributed by atoms with E-state index >= 15 is 0 Å². The van der Waals surface area contributed by atoms with Crippen LogP contribution in [-0.2, 0) is 16.4 Å². The van der Waals surface area contributed by atoms with E-state index in [0.29, 0.717) is 25.4 Å². The first-order valence-corrected chi connectivity index (χ1v) is 9.70. The molecule has 2 rings (SSSR count). The Morgan fingerprint density at radius 3 is 2.80 bits per heavy atom. The molecule has 5 nitrogen and oxygen atoms in total. The van der Waals surface area contributed by atoms with Crippen LogP contribution < -0.4 is 10.0 Å². The van der Waals surface area contributed by atoms with Crippen LogP contribution in [0.1, 0.15) is 36.4 Å². The maximum atomic E-state index is 11.8. The van der Waals surface area contributed by atoms with Gasteiger partial charge in [-0.2, -0.15) is 0 Å². The molecule has 0 radical (unpaired) electrons. The zero-order chi connectivity index (χ0) is 14.4. The molecule has 1 aromatic heterocycles. The third kappa shape index (κ3) is 6.30. The van der Waals surface area contributed by atoms with Crippen LogP contribution in [0.15, 0.2) is 5.38 Å². The van der Waals surface area contributed by atoms with Crippen LogP contribution in [0.2, 0.25) is 0 Å². The summed E-state index contributed by atoms with van der Waals surface area (Å²) < 4.78 is 26.2. The second-order valence-corrected chi connectivity index (χ2v) is 8.15. The molecular formula is C13H23N3O2S2. The second kappa shape index (κ2) is 7.49. The molecule has 20 heavy (non-hydrogen) atoms. The average Bonchev–Trinajstić information content (AvgIpc) is 3.11. The minimum Gasteiger partial charge on any atom is -0.314 e. The molecule has 1 aliphatic rings. The maximum absolute atomic E-state index is 11.8. The normalized spacial score (nSPS) is 15.7. The third-order valence-electron chi connectivity index (χ3n) is 3.18. The Morgan fingerprint density at radius 1 is 1.35 bits per heavy atom. The van der Waals surface area contributed by atoms with E-state index in [9.17, 15) is 8.42 Å². The number of nitrogens with zero attached hydrogens (tertiary/aromatic N) is 1. The van der Waals surface area contributed by atoms with Crippen LogP contribution in [0, 0.1) is 6.92 Å². The fraction of sp³-hybridized carbons (Fsp3) is 0.769. The number of aryl methyl sites for hydroxylation is 1. The van der Waals surface area contributed by atoms with E-state index in [1.54, 1.807) is 11.3 Å². The van der Waals surface area contributed by atoms with Crippen LogP contribution in [-0.4, -0.2) is 38.3 Å². The Morgan fingerprint density at radius 2 is 2.15 bits per heavy atom. The van der Waals surface area contributed by atoms with Crippen molar-refractivity contribution in [1.29, 1.82) is 0 Å². The zero-order valence-electron chi connectivity index (χ0n) is 11.9. The van der Waals surface area contributed by atoms with Crippen molar-refractivity contribution in [3.8, 4) is 0 Å². The van der Waals surface area contributed by atoms with Gasteiger partial charge in [0.2, 0.25) is 10.0 Å². The number of hydrogen-bond acceptors (Lipinski definition) is 5. The van der Waals surface area contributed by atoms with E-state index in [-0.39, 0.29) is 5.75 Å². The molecule has 1 saturated carbocycles. The summed E-state index contributed by atoms with van der Waals surface area (Å²) in [6.45, 7) is 3.31.